The van der Waals surface area contributed by atoms with Gasteiger partial charge in [0, 0.05) is 23.9 Å². The van der Waals surface area contributed by atoms with E-state index in [1.807, 2.05) is 32.9 Å². The third-order valence-corrected chi connectivity index (χ3v) is 4.40. The van der Waals surface area contributed by atoms with Gasteiger partial charge < -0.3 is 19.7 Å². The molecule has 2 aromatic heterocycles. The Morgan fingerprint density at radius 3 is 2.88 bits per heavy atom. The summed E-state index contributed by atoms with van der Waals surface area (Å²) in [6.45, 7) is 6.45. The molecule has 0 saturated carbocycles. The van der Waals surface area contributed by atoms with E-state index in [9.17, 15) is 9.59 Å². The summed E-state index contributed by atoms with van der Waals surface area (Å²) in [7, 11) is 0. The maximum absolute atomic E-state index is 12.5. The van der Waals surface area contributed by atoms with E-state index in [1.165, 1.54) is 0 Å². The summed E-state index contributed by atoms with van der Waals surface area (Å²) in [5.41, 5.74) is 2.92. The number of rotatable bonds is 3. The second kappa shape index (κ2) is 6.51. The van der Waals surface area contributed by atoms with Crippen molar-refractivity contribution in [2.45, 2.75) is 46.2 Å². The number of amides is 2. The lowest BCUT2D eigenvalue weighted by Crippen LogP contribution is -2.40. The number of hydrogen-bond donors (Lipinski definition) is 2. The van der Waals surface area contributed by atoms with Crippen molar-refractivity contribution in [2.75, 3.05) is 6.54 Å². The van der Waals surface area contributed by atoms with Gasteiger partial charge in [-0.05, 0) is 45.2 Å². The Kier molecular flexibility index (Phi) is 4.42. The summed E-state index contributed by atoms with van der Waals surface area (Å²) in [5.74, 6) is 0.713. The monoisotopic (exact) mass is 330 g/mol. The van der Waals surface area contributed by atoms with Gasteiger partial charge in [-0.2, -0.15) is 0 Å². The van der Waals surface area contributed by atoms with Crippen molar-refractivity contribution in [3.05, 3.63) is 50.8 Å². The molecule has 128 valence electrons. The first-order valence-electron chi connectivity index (χ1n) is 8.13. The van der Waals surface area contributed by atoms with Gasteiger partial charge in [-0.25, -0.2) is 4.79 Å². The molecule has 1 saturated heterocycles. The first kappa shape index (κ1) is 16.3. The topological polar surface area (TPSA) is 91.2 Å². The van der Waals surface area contributed by atoms with Gasteiger partial charge in [0.2, 0.25) is 0 Å². The Balaban J connectivity index is 1.70. The maximum Gasteiger partial charge on any atom is 0.318 e. The predicted octanol–water partition coefficient (Wildman–Crippen LogP) is 2.33. The number of carbonyl (C=O) groups is 1. The average Bonchev–Trinajstić information content (AvgIpc) is 3.14. The van der Waals surface area contributed by atoms with Crippen molar-refractivity contribution in [1.82, 2.24) is 20.4 Å². The average molecular weight is 330 g/mol. The Bertz CT molecular complexity index is 808. The van der Waals surface area contributed by atoms with Crippen molar-refractivity contribution in [1.29, 1.82) is 0 Å². The lowest BCUT2D eigenvalue weighted by molar-refractivity contribution is 0.182. The van der Waals surface area contributed by atoms with Gasteiger partial charge in [0.1, 0.15) is 0 Å². The number of aromatic nitrogens is 2. The van der Waals surface area contributed by atoms with Gasteiger partial charge in [-0.1, -0.05) is 5.16 Å². The number of urea groups is 1. The molecule has 0 unspecified atom stereocenters. The Hall–Kier alpha value is -2.57. The molecule has 2 aromatic rings. The number of pyridine rings is 1. The summed E-state index contributed by atoms with van der Waals surface area (Å²) in [4.78, 5) is 29.1. The standard InChI is InChI=1S/C17H22N4O3/c1-10-7-11(2)19-16(22)13(10)9-18-17(23)21-6-4-5-14(21)15-8-12(3)20-24-15/h7-8,14H,4-6,9H2,1-3H3,(H,18,23)(H,19,22)/t14-/m0/s1. The molecule has 0 radical (unpaired) electrons. The zero-order chi connectivity index (χ0) is 17.3. The third-order valence-electron chi connectivity index (χ3n) is 4.40. The van der Waals surface area contributed by atoms with Crippen LogP contribution in [0.4, 0.5) is 4.79 Å². The van der Waals surface area contributed by atoms with E-state index in [0.29, 0.717) is 17.9 Å². The van der Waals surface area contributed by atoms with E-state index < -0.39 is 0 Å². The summed E-state index contributed by atoms with van der Waals surface area (Å²) in [6, 6.07) is 3.48. The molecule has 1 aliphatic heterocycles. The molecule has 1 aliphatic rings. The maximum atomic E-state index is 12.5. The van der Waals surface area contributed by atoms with Crippen LogP contribution in [0.2, 0.25) is 0 Å². The van der Waals surface area contributed by atoms with Crippen LogP contribution in [0.1, 0.15) is 47.2 Å². The molecule has 0 aliphatic carbocycles. The van der Waals surface area contributed by atoms with Crippen LogP contribution in [0.25, 0.3) is 0 Å². The minimum atomic E-state index is -0.189. The normalized spacial score (nSPS) is 17.3. The number of carbonyl (C=O) groups excluding carboxylic acids is 1. The minimum Gasteiger partial charge on any atom is -0.359 e. The number of hydrogen-bond acceptors (Lipinski definition) is 4. The molecule has 0 spiro atoms. The lowest BCUT2D eigenvalue weighted by Gasteiger charge is -2.23. The molecule has 2 N–H and O–H groups in total. The second-order valence-corrected chi connectivity index (χ2v) is 6.32. The Morgan fingerprint density at radius 1 is 1.42 bits per heavy atom. The number of likely N-dealkylation sites (tertiary alicyclic amines) is 1. The molecule has 7 heteroatoms. The van der Waals surface area contributed by atoms with E-state index in [-0.39, 0.29) is 24.2 Å². The second-order valence-electron chi connectivity index (χ2n) is 6.32. The molecular weight excluding hydrogens is 308 g/mol. The predicted molar refractivity (Wildman–Crippen MR) is 88.7 cm³/mol. The van der Waals surface area contributed by atoms with Gasteiger partial charge in [-0.3, -0.25) is 4.79 Å². The summed E-state index contributed by atoms with van der Waals surface area (Å²) in [5, 5.41) is 6.75. The van der Waals surface area contributed by atoms with Crippen molar-refractivity contribution in [3.63, 3.8) is 0 Å². The van der Waals surface area contributed by atoms with Crippen molar-refractivity contribution in [3.8, 4) is 0 Å². The quantitative estimate of drug-likeness (QED) is 0.903. The summed E-state index contributed by atoms with van der Waals surface area (Å²) in [6.07, 6.45) is 1.77. The van der Waals surface area contributed by atoms with E-state index in [2.05, 4.69) is 15.5 Å². The van der Waals surface area contributed by atoms with Crippen LogP contribution in [-0.4, -0.2) is 27.6 Å². The molecule has 1 atom stereocenters. The fraction of sp³-hybridized carbons (Fsp3) is 0.471. The Morgan fingerprint density at radius 2 is 2.21 bits per heavy atom. The van der Waals surface area contributed by atoms with Crippen LogP contribution in [-0.2, 0) is 6.54 Å². The van der Waals surface area contributed by atoms with Gasteiger partial charge in [0.25, 0.3) is 5.56 Å². The van der Waals surface area contributed by atoms with Crippen molar-refractivity contribution in [2.24, 2.45) is 0 Å². The molecule has 7 nitrogen and oxygen atoms in total. The highest BCUT2D eigenvalue weighted by Crippen LogP contribution is 2.32. The molecule has 0 aromatic carbocycles. The fourth-order valence-electron chi connectivity index (χ4n) is 3.21. The molecule has 0 bridgehead atoms. The summed E-state index contributed by atoms with van der Waals surface area (Å²) < 4.78 is 5.32. The molecule has 3 rings (SSSR count). The van der Waals surface area contributed by atoms with Gasteiger partial charge in [0.05, 0.1) is 18.3 Å². The molecule has 1 fully saturated rings. The highest BCUT2D eigenvalue weighted by Gasteiger charge is 2.32. The zero-order valence-corrected chi connectivity index (χ0v) is 14.2. The zero-order valence-electron chi connectivity index (χ0n) is 14.2. The molecule has 2 amide bonds. The first-order chi connectivity index (χ1) is 11.5. The van der Waals surface area contributed by atoms with Gasteiger partial charge in [0.15, 0.2) is 5.76 Å². The first-order valence-corrected chi connectivity index (χ1v) is 8.13. The van der Waals surface area contributed by atoms with E-state index in [1.54, 1.807) is 4.90 Å². The van der Waals surface area contributed by atoms with Crippen LogP contribution >= 0.6 is 0 Å². The van der Waals surface area contributed by atoms with Crippen LogP contribution in [0, 0.1) is 20.8 Å². The van der Waals surface area contributed by atoms with Crippen molar-refractivity contribution >= 4 is 6.03 Å². The fourth-order valence-corrected chi connectivity index (χ4v) is 3.21. The van der Waals surface area contributed by atoms with E-state index in [0.717, 1.165) is 29.8 Å². The number of aryl methyl sites for hydroxylation is 3. The third kappa shape index (κ3) is 3.20. The molecule has 3 heterocycles. The van der Waals surface area contributed by atoms with Gasteiger partial charge >= 0.3 is 6.03 Å². The van der Waals surface area contributed by atoms with Crippen molar-refractivity contribution < 1.29 is 9.32 Å². The number of H-pyrrole nitrogens is 1. The van der Waals surface area contributed by atoms with Crippen LogP contribution in [0.5, 0.6) is 0 Å². The summed E-state index contributed by atoms with van der Waals surface area (Å²) >= 11 is 0. The molecular formula is C17H22N4O3. The number of aromatic amines is 1. The lowest BCUT2D eigenvalue weighted by atomic mass is 10.1. The highest BCUT2D eigenvalue weighted by atomic mass is 16.5. The smallest absolute Gasteiger partial charge is 0.318 e. The van der Waals surface area contributed by atoms with E-state index in [4.69, 9.17) is 4.52 Å². The molecule has 24 heavy (non-hydrogen) atoms. The van der Waals surface area contributed by atoms with Crippen LogP contribution < -0.4 is 10.9 Å². The largest absolute Gasteiger partial charge is 0.359 e. The van der Waals surface area contributed by atoms with Crippen LogP contribution in [0.15, 0.2) is 21.5 Å². The number of nitrogens with zero attached hydrogens (tertiary/aromatic N) is 2. The minimum absolute atomic E-state index is 0.0939. The van der Waals surface area contributed by atoms with E-state index >= 15 is 0 Å². The van der Waals surface area contributed by atoms with Crippen LogP contribution in [0.3, 0.4) is 0 Å². The SMILES string of the molecule is Cc1cc([C@@H]2CCCN2C(=O)NCc2c(C)cc(C)[nH]c2=O)on1. The number of nitrogens with one attached hydrogen (secondary N) is 2. The van der Waals surface area contributed by atoms with Gasteiger partial charge in [-0.15, -0.1) is 0 Å². The highest BCUT2D eigenvalue weighted by molar-refractivity contribution is 5.75. The Labute approximate surface area is 140 Å².